The summed E-state index contributed by atoms with van der Waals surface area (Å²) in [5.74, 6) is 0. The van der Waals surface area contributed by atoms with E-state index in [0.29, 0.717) is 0 Å². The lowest BCUT2D eigenvalue weighted by Crippen LogP contribution is -1.87. The van der Waals surface area contributed by atoms with E-state index in [9.17, 15) is 0 Å². The second kappa shape index (κ2) is 9.16. The van der Waals surface area contributed by atoms with Crippen molar-refractivity contribution in [3.8, 4) is 11.1 Å². The summed E-state index contributed by atoms with van der Waals surface area (Å²) in [4.78, 5) is 5.10. The first-order chi connectivity index (χ1) is 14.5. The molecule has 0 N–H and O–H groups in total. The smallest absolute Gasteiger partial charge is 0.0131 e. The summed E-state index contributed by atoms with van der Waals surface area (Å²) in [5, 5.41) is 0. The minimum absolute atomic E-state index is 1.27. The number of hydrogen-bond acceptors (Lipinski definition) is 2. The summed E-state index contributed by atoms with van der Waals surface area (Å²) >= 11 is 3.65. The van der Waals surface area contributed by atoms with Crippen molar-refractivity contribution in [2.24, 2.45) is 0 Å². The van der Waals surface area contributed by atoms with E-state index >= 15 is 0 Å². The SMILES string of the molecule is Cc1ccc(Sc2cc(C)cc(-c3cc(Sc4ccc(C)cc4)ccc3C)c2)cc1. The molecule has 0 nitrogen and oxygen atoms in total. The van der Waals surface area contributed by atoms with E-state index in [1.807, 2.05) is 23.5 Å². The Kier molecular flexibility index (Phi) is 6.36. The molecule has 0 heterocycles. The van der Waals surface area contributed by atoms with E-state index in [1.165, 1.54) is 53.0 Å². The Morgan fingerprint density at radius 2 is 0.967 bits per heavy atom. The zero-order chi connectivity index (χ0) is 21.1. The van der Waals surface area contributed by atoms with Crippen molar-refractivity contribution < 1.29 is 0 Å². The summed E-state index contributed by atoms with van der Waals surface area (Å²) < 4.78 is 0. The summed E-state index contributed by atoms with van der Waals surface area (Å²) in [5.41, 5.74) is 7.78. The Hall–Kier alpha value is -2.42. The van der Waals surface area contributed by atoms with Gasteiger partial charge in [0.1, 0.15) is 0 Å². The number of rotatable bonds is 5. The molecule has 0 aliphatic rings. The van der Waals surface area contributed by atoms with E-state index in [4.69, 9.17) is 0 Å². The molecule has 30 heavy (non-hydrogen) atoms. The zero-order valence-electron chi connectivity index (χ0n) is 17.9. The fraction of sp³-hybridized carbons (Fsp3) is 0.143. The molecule has 4 aromatic rings. The van der Waals surface area contributed by atoms with Crippen molar-refractivity contribution in [1.29, 1.82) is 0 Å². The van der Waals surface area contributed by atoms with Gasteiger partial charge in [-0.2, -0.15) is 0 Å². The van der Waals surface area contributed by atoms with Crippen LogP contribution in [0.3, 0.4) is 0 Å². The highest BCUT2D eigenvalue weighted by Gasteiger charge is 2.08. The minimum atomic E-state index is 1.27. The van der Waals surface area contributed by atoms with Gasteiger partial charge >= 0.3 is 0 Å². The van der Waals surface area contributed by atoms with Gasteiger partial charge in [0.05, 0.1) is 0 Å². The van der Waals surface area contributed by atoms with Gasteiger partial charge in [-0.3, -0.25) is 0 Å². The van der Waals surface area contributed by atoms with Gasteiger partial charge in [-0.15, -0.1) is 0 Å². The number of benzene rings is 4. The van der Waals surface area contributed by atoms with Gasteiger partial charge in [0, 0.05) is 19.6 Å². The molecular weight excluding hydrogens is 400 g/mol. The van der Waals surface area contributed by atoms with Crippen molar-refractivity contribution in [2.45, 2.75) is 47.3 Å². The molecule has 150 valence electrons. The molecule has 2 heteroatoms. The van der Waals surface area contributed by atoms with Crippen molar-refractivity contribution in [2.75, 3.05) is 0 Å². The molecule has 4 aromatic carbocycles. The Balaban J connectivity index is 1.64. The molecule has 0 aromatic heterocycles. The molecule has 0 bridgehead atoms. The maximum absolute atomic E-state index is 2.33. The molecule has 0 saturated carbocycles. The molecule has 4 rings (SSSR count). The predicted molar refractivity (Wildman–Crippen MR) is 132 cm³/mol. The summed E-state index contributed by atoms with van der Waals surface area (Å²) in [6.45, 7) is 8.64. The van der Waals surface area contributed by atoms with Crippen LogP contribution in [-0.2, 0) is 0 Å². The Morgan fingerprint density at radius 1 is 0.433 bits per heavy atom. The largest absolute Gasteiger partial charge is 0.0901 e. The molecule has 0 radical (unpaired) electrons. The minimum Gasteiger partial charge on any atom is -0.0901 e. The van der Waals surface area contributed by atoms with E-state index in [-0.39, 0.29) is 0 Å². The Bertz CT molecular complexity index is 1160. The predicted octanol–water partition coefficient (Wildman–Crippen LogP) is 8.89. The van der Waals surface area contributed by atoms with Crippen molar-refractivity contribution in [3.05, 3.63) is 107 Å². The van der Waals surface area contributed by atoms with Crippen molar-refractivity contribution in [3.63, 3.8) is 0 Å². The summed E-state index contributed by atoms with van der Waals surface area (Å²) in [6.07, 6.45) is 0. The average Bonchev–Trinajstić information content (AvgIpc) is 2.72. The lowest BCUT2D eigenvalue weighted by atomic mass is 9.99. The second-order valence-electron chi connectivity index (χ2n) is 7.84. The topological polar surface area (TPSA) is 0 Å². The maximum Gasteiger partial charge on any atom is 0.0131 e. The summed E-state index contributed by atoms with van der Waals surface area (Å²) in [7, 11) is 0. The van der Waals surface area contributed by atoms with Crippen LogP contribution in [0.25, 0.3) is 11.1 Å². The van der Waals surface area contributed by atoms with Crippen LogP contribution in [-0.4, -0.2) is 0 Å². The van der Waals surface area contributed by atoms with Crippen LogP contribution in [0.15, 0.2) is 105 Å². The first-order valence-electron chi connectivity index (χ1n) is 10.2. The quantitative estimate of drug-likeness (QED) is 0.312. The highest BCUT2D eigenvalue weighted by Crippen LogP contribution is 2.36. The van der Waals surface area contributed by atoms with Crippen LogP contribution < -0.4 is 0 Å². The van der Waals surface area contributed by atoms with Crippen LogP contribution >= 0.6 is 23.5 Å². The van der Waals surface area contributed by atoms with Gasteiger partial charge in [0.2, 0.25) is 0 Å². The first kappa shape index (κ1) is 20.8. The molecule has 0 fully saturated rings. The third kappa shape index (κ3) is 5.19. The van der Waals surface area contributed by atoms with Gasteiger partial charge in [-0.1, -0.05) is 71.0 Å². The molecule has 0 atom stereocenters. The average molecular weight is 427 g/mol. The van der Waals surface area contributed by atoms with E-state index in [1.54, 1.807) is 0 Å². The van der Waals surface area contributed by atoms with Gasteiger partial charge in [0.25, 0.3) is 0 Å². The maximum atomic E-state index is 2.33. The lowest BCUT2D eigenvalue weighted by Gasteiger charge is -2.12. The molecule has 0 amide bonds. The standard InChI is InChI=1S/C28H26S2/c1-19-5-10-24(11-6-19)29-26-14-9-22(4)28(18-26)23-15-21(3)16-27(17-23)30-25-12-7-20(2)8-13-25/h5-18H,1-4H3. The first-order valence-corrected chi connectivity index (χ1v) is 11.8. The van der Waals surface area contributed by atoms with Crippen LogP contribution in [0, 0.1) is 27.7 Å². The Morgan fingerprint density at radius 3 is 1.57 bits per heavy atom. The van der Waals surface area contributed by atoms with Gasteiger partial charge in [-0.25, -0.2) is 0 Å². The van der Waals surface area contributed by atoms with E-state index in [0.717, 1.165) is 0 Å². The van der Waals surface area contributed by atoms with Crippen LogP contribution in [0.4, 0.5) is 0 Å². The lowest BCUT2D eigenvalue weighted by molar-refractivity contribution is 1.31. The zero-order valence-corrected chi connectivity index (χ0v) is 19.5. The molecule has 0 saturated heterocycles. The number of hydrogen-bond donors (Lipinski definition) is 0. The fourth-order valence-corrected chi connectivity index (χ4v) is 5.25. The monoisotopic (exact) mass is 426 g/mol. The highest BCUT2D eigenvalue weighted by molar-refractivity contribution is 7.99. The second-order valence-corrected chi connectivity index (χ2v) is 10.1. The highest BCUT2D eigenvalue weighted by atomic mass is 32.2. The van der Waals surface area contributed by atoms with Gasteiger partial charge < -0.3 is 0 Å². The molecule has 0 spiro atoms. The third-order valence-electron chi connectivity index (χ3n) is 5.08. The van der Waals surface area contributed by atoms with Crippen LogP contribution in [0.2, 0.25) is 0 Å². The molecule has 0 unspecified atom stereocenters. The Labute approximate surface area is 188 Å². The normalized spacial score (nSPS) is 10.9. The molecule has 0 aliphatic heterocycles. The van der Waals surface area contributed by atoms with Crippen LogP contribution in [0.1, 0.15) is 22.3 Å². The van der Waals surface area contributed by atoms with Gasteiger partial charge in [-0.05, 0) is 98.5 Å². The third-order valence-corrected chi connectivity index (χ3v) is 7.06. The summed E-state index contributed by atoms with van der Waals surface area (Å²) in [6, 6.07) is 31.2. The molecular formula is C28H26S2. The molecule has 0 aliphatic carbocycles. The van der Waals surface area contributed by atoms with E-state index < -0.39 is 0 Å². The number of aryl methyl sites for hydroxylation is 4. The van der Waals surface area contributed by atoms with Gasteiger partial charge in [0.15, 0.2) is 0 Å². The van der Waals surface area contributed by atoms with E-state index in [2.05, 4.69) is 113 Å². The van der Waals surface area contributed by atoms with Crippen molar-refractivity contribution in [1.82, 2.24) is 0 Å². The van der Waals surface area contributed by atoms with Crippen LogP contribution in [0.5, 0.6) is 0 Å². The van der Waals surface area contributed by atoms with Crippen molar-refractivity contribution >= 4 is 23.5 Å². The fourth-order valence-electron chi connectivity index (χ4n) is 3.42.